The Kier molecular flexibility index (Phi) is 2.44. The lowest BCUT2D eigenvalue weighted by Crippen LogP contribution is -2.35. The maximum atomic E-state index is 11.2. The predicted molar refractivity (Wildman–Crippen MR) is 63.8 cm³/mol. The lowest BCUT2D eigenvalue weighted by molar-refractivity contribution is -0.119. The number of fused-ring (bicyclic) bond motifs is 1. The molecule has 0 unspecified atom stereocenters. The number of hydrogen-bond acceptors (Lipinski definition) is 5. The smallest absolute Gasteiger partial charge is 0.245 e. The maximum Gasteiger partial charge on any atom is 0.245 e. The summed E-state index contributed by atoms with van der Waals surface area (Å²) in [5, 5.41) is 8.25. The Morgan fingerprint density at radius 2 is 1.71 bits per heavy atom. The maximum absolute atomic E-state index is 11.2. The molecule has 0 spiro atoms. The molecular formula is C12H12N4O. The first-order chi connectivity index (χ1) is 8.33. The molecule has 0 aliphatic carbocycles. The summed E-state index contributed by atoms with van der Waals surface area (Å²) < 4.78 is 0. The molecule has 17 heavy (non-hydrogen) atoms. The molecule has 1 aliphatic heterocycles. The Balaban J connectivity index is 1.92. The molecule has 2 aromatic rings. The van der Waals surface area contributed by atoms with Gasteiger partial charge < -0.3 is 4.90 Å². The van der Waals surface area contributed by atoms with Crippen LogP contribution in [0, 0.1) is 0 Å². The number of carbonyl (C=O) groups is 1. The molecule has 1 saturated heterocycles. The lowest BCUT2D eigenvalue weighted by atomic mass is 10.1. The molecule has 0 radical (unpaired) electrons. The van der Waals surface area contributed by atoms with Gasteiger partial charge >= 0.3 is 0 Å². The van der Waals surface area contributed by atoms with Crippen molar-refractivity contribution in [3.8, 4) is 0 Å². The fourth-order valence-corrected chi connectivity index (χ4v) is 1.96. The van der Waals surface area contributed by atoms with Gasteiger partial charge in [-0.2, -0.15) is 0 Å². The minimum Gasteiger partial charge on any atom is -0.339 e. The monoisotopic (exact) mass is 228 g/mol. The normalized spacial score (nSPS) is 16.5. The van der Waals surface area contributed by atoms with Crippen LogP contribution in [-0.4, -0.2) is 34.1 Å². The van der Waals surface area contributed by atoms with E-state index in [0.29, 0.717) is 37.7 Å². The van der Waals surface area contributed by atoms with Crippen LogP contribution in [0.25, 0.3) is 11.0 Å². The highest BCUT2D eigenvalue weighted by molar-refractivity contribution is 5.81. The van der Waals surface area contributed by atoms with Crippen LogP contribution in [-0.2, 0) is 4.79 Å². The number of benzene rings is 1. The van der Waals surface area contributed by atoms with Gasteiger partial charge in [-0.05, 0) is 12.1 Å². The van der Waals surface area contributed by atoms with Crippen LogP contribution in [0.1, 0.15) is 12.8 Å². The molecule has 1 aromatic carbocycles. The number of carbonyl (C=O) groups excluding carboxylic acids is 1. The third-order valence-corrected chi connectivity index (χ3v) is 2.95. The number of anilines is 1. The quantitative estimate of drug-likeness (QED) is 0.733. The van der Waals surface area contributed by atoms with Crippen molar-refractivity contribution in [2.45, 2.75) is 12.8 Å². The van der Waals surface area contributed by atoms with E-state index in [1.807, 2.05) is 29.2 Å². The second kappa shape index (κ2) is 4.08. The summed E-state index contributed by atoms with van der Waals surface area (Å²) in [5.74, 6) is 0.936. The number of aromatic nitrogens is 3. The first-order valence-electron chi connectivity index (χ1n) is 5.69. The van der Waals surface area contributed by atoms with E-state index in [2.05, 4.69) is 15.2 Å². The molecule has 0 bridgehead atoms. The Hall–Kier alpha value is -2.04. The second-order valence-electron chi connectivity index (χ2n) is 4.13. The van der Waals surface area contributed by atoms with E-state index in [0.717, 1.165) is 11.0 Å². The van der Waals surface area contributed by atoms with Gasteiger partial charge in [0, 0.05) is 25.9 Å². The van der Waals surface area contributed by atoms with Crippen molar-refractivity contribution in [1.29, 1.82) is 0 Å². The third kappa shape index (κ3) is 1.95. The molecule has 2 heterocycles. The summed E-state index contributed by atoms with van der Waals surface area (Å²) in [6.45, 7) is 1.39. The number of rotatable bonds is 1. The second-order valence-corrected chi connectivity index (χ2v) is 4.13. The first-order valence-corrected chi connectivity index (χ1v) is 5.69. The summed E-state index contributed by atoms with van der Waals surface area (Å²) >= 11 is 0. The number of Topliss-reactive ketones (excluding diaryl/α,β-unsaturated/α-hetero) is 1. The Morgan fingerprint density at radius 3 is 2.47 bits per heavy atom. The summed E-state index contributed by atoms with van der Waals surface area (Å²) in [6, 6.07) is 7.65. The lowest BCUT2D eigenvalue weighted by Gasteiger charge is -2.25. The molecule has 86 valence electrons. The fraction of sp³-hybridized carbons (Fsp3) is 0.333. The van der Waals surface area contributed by atoms with Crippen molar-refractivity contribution in [3.63, 3.8) is 0 Å². The number of para-hydroxylation sites is 1. The van der Waals surface area contributed by atoms with E-state index in [-0.39, 0.29) is 0 Å². The summed E-state index contributed by atoms with van der Waals surface area (Å²) in [4.78, 5) is 17.6. The highest BCUT2D eigenvalue weighted by atomic mass is 16.1. The van der Waals surface area contributed by atoms with Crippen LogP contribution in [0.2, 0.25) is 0 Å². The van der Waals surface area contributed by atoms with Crippen LogP contribution in [0.4, 0.5) is 5.95 Å². The van der Waals surface area contributed by atoms with Gasteiger partial charge in [-0.3, -0.25) is 4.79 Å². The third-order valence-electron chi connectivity index (χ3n) is 2.95. The van der Waals surface area contributed by atoms with Crippen molar-refractivity contribution in [3.05, 3.63) is 24.3 Å². The van der Waals surface area contributed by atoms with Crippen molar-refractivity contribution >= 4 is 22.8 Å². The van der Waals surface area contributed by atoms with Crippen LogP contribution in [0.3, 0.4) is 0 Å². The zero-order valence-corrected chi connectivity index (χ0v) is 9.33. The highest BCUT2D eigenvalue weighted by Crippen LogP contribution is 2.15. The van der Waals surface area contributed by atoms with Gasteiger partial charge in [-0.1, -0.05) is 12.1 Å². The molecule has 0 atom stereocenters. The zero-order chi connectivity index (χ0) is 11.7. The minimum atomic E-state index is 0.315. The van der Waals surface area contributed by atoms with Gasteiger partial charge in [0.15, 0.2) is 0 Å². The van der Waals surface area contributed by atoms with E-state index in [1.165, 1.54) is 0 Å². The van der Waals surface area contributed by atoms with Gasteiger partial charge in [0.25, 0.3) is 0 Å². The van der Waals surface area contributed by atoms with Gasteiger partial charge in [-0.15, -0.1) is 10.2 Å². The van der Waals surface area contributed by atoms with Crippen molar-refractivity contribution in [2.24, 2.45) is 0 Å². The van der Waals surface area contributed by atoms with E-state index >= 15 is 0 Å². The number of hydrogen-bond donors (Lipinski definition) is 0. The molecule has 3 rings (SSSR count). The van der Waals surface area contributed by atoms with Crippen molar-refractivity contribution < 1.29 is 4.79 Å². The van der Waals surface area contributed by atoms with Crippen LogP contribution in [0.5, 0.6) is 0 Å². The van der Waals surface area contributed by atoms with Crippen LogP contribution < -0.4 is 4.90 Å². The average molecular weight is 228 g/mol. The van der Waals surface area contributed by atoms with E-state index in [4.69, 9.17) is 0 Å². The van der Waals surface area contributed by atoms with Crippen LogP contribution >= 0.6 is 0 Å². The number of piperidine rings is 1. The van der Waals surface area contributed by atoms with E-state index in [1.54, 1.807) is 0 Å². The van der Waals surface area contributed by atoms with Gasteiger partial charge in [-0.25, -0.2) is 4.98 Å². The Morgan fingerprint density at radius 1 is 1.00 bits per heavy atom. The topological polar surface area (TPSA) is 59.0 Å². The summed E-state index contributed by atoms with van der Waals surface area (Å²) in [7, 11) is 0. The standard InChI is InChI=1S/C12H12N4O/c17-9-5-7-16(8-6-9)12-13-10-3-1-2-4-11(10)14-15-12/h1-4H,5-8H2. The van der Waals surface area contributed by atoms with Crippen molar-refractivity contribution in [1.82, 2.24) is 15.2 Å². The minimum absolute atomic E-state index is 0.315. The molecule has 0 saturated carbocycles. The van der Waals surface area contributed by atoms with E-state index < -0.39 is 0 Å². The summed E-state index contributed by atoms with van der Waals surface area (Å²) in [5.41, 5.74) is 1.64. The molecule has 5 heteroatoms. The Bertz CT molecular complexity index is 559. The Labute approximate surface area is 98.5 Å². The predicted octanol–water partition coefficient (Wildman–Crippen LogP) is 1.19. The number of nitrogens with zero attached hydrogens (tertiary/aromatic N) is 4. The molecule has 5 nitrogen and oxygen atoms in total. The largest absolute Gasteiger partial charge is 0.339 e. The molecule has 0 N–H and O–H groups in total. The van der Waals surface area contributed by atoms with E-state index in [9.17, 15) is 4.79 Å². The van der Waals surface area contributed by atoms with Gasteiger partial charge in [0.05, 0.1) is 5.52 Å². The molecule has 1 fully saturated rings. The summed E-state index contributed by atoms with van der Waals surface area (Å²) in [6.07, 6.45) is 1.16. The molecule has 1 aliphatic rings. The SMILES string of the molecule is O=C1CCN(c2nnc3ccccc3n2)CC1. The average Bonchev–Trinajstić information content (AvgIpc) is 2.39. The van der Waals surface area contributed by atoms with Gasteiger partial charge in [0.1, 0.15) is 11.3 Å². The number of ketones is 1. The zero-order valence-electron chi connectivity index (χ0n) is 9.33. The van der Waals surface area contributed by atoms with Crippen LogP contribution in [0.15, 0.2) is 24.3 Å². The molecule has 0 amide bonds. The molecule has 1 aromatic heterocycles. The first kappa shape index (κ1) is 10.1. The van der Waals surface area contributed by atoms with Gasteiger partial charge in [0.2, 0.25) is 5.95 Å². The fourth-order valence-electron chi connectivity index (χ4n) is 1.96. The highest BCUT2D eigenvalue weighted by Gasteiger charge is 2.18. The van der Waals surface area contributed by atoms with Crippen molar-refractivity contribution in [2.75, 3.05) is 18.0 Å². The molecular weight excluding hydrogens is 216 g/mol.